The molecule has 1 aromatic heterocycles. The normalized spacial score (nSPS) is 14.8. The third-order valence-corrected chi connectivity index (χ3v) is 3.17. The molecule has 2 N–H and O–H groups in total. The molecule has 0 fully saturated rings. The summed E-state index contributed by atoms with van der Waals surface area (Å²) < 4.78 is 5.45. The van der Waals surface area contributed by atoms with Crippen molar-refractivity contribution in [3.63, 3.8) is 0 Å². The Morgan fingerprint density at radius 3 is 2.81 bits per heavy atom. The van der Waals surface area contributed by atoms with Crippen molar-refractivity contribution in [1.82, 2.24) is 5.16 Å². The van der Waals surface area contributed by atoms with E-state index in [0.717, 1.165) is 35.5 Å². The first-order valence-electron chi connectivity index (χ1n) is 5.68. The smallest absolute Gasteiger partial charge is 0.172 e. The summed E-state index contributed by atoms with van der Waals surface area (Å²) in [4.78, 5) is 0. The van der Waals surface area contributed by atoms with Gasteiger partial charge in [-0.25, -0.2) is 0 Å². The molecule has 0 spiro atoms. The number of nitrogens with two attached hydrogens (primary N) is 1. The number of nitrogen functional groups attached to an aromatic ring is 1. The molecule has 0 aliphatic heterocycles. The van der Waals surface area contributed by atoms with E-state index in [0.29, 0.717) is 0 Å². The Labute approximate surface area is 94.2 Å². The van der Waals surface area contributed by atoms with E-state index in [-0.39, 0.29) is 0 Å². The average molecular weight is 214 g/mol. The third kappa shape index (κ3) is 1.40. The minimum Gasteiger partial charge on any atom is -0.398 e. The fraction of sp³-hybridized carbons (Fsp3) is 0.308. The summed E-state index contributed by atoms with van der Waals surface area (Å²) in [6, 6.07) is 7.79. The highest BCUT2D eigenvalue weighted by Gasteiger charge is 2.21. The molecule has 2 aromatic rings. The number of anilines is 1. The van der Waals surface area contributed by atoms with E-state index in [1.165, 1.54) is 18.4 Å². The third-order valence-electron chi connectivity index (χ3n) is 3.17. The number of rotatable bonds is 1. The van der Waals surface area contributed by atoms with Crippen LogP contribution in [-0.2, 0) is 12.8 Å². The second kappa shape index (κ2) is 3.67. The van der Waals surface area contributed by atoms with Gasteiger partial charge < -0.3 is 10.3 Å². The Balaban J connectivity index is 2.13. The molecule has 16 heavy (non-hydrogen) atoms. The van der Waals surface area contributed by atoms with Crippen LogP contribution in [0.3, 0.4) is 0 Å². The number of hydrogen-bond acceptors (Lipinski definition) is 3. The molecule has 82 valence electrons. The maximum absolute atomic E-state index is 5.96. The lowest BCUT2D eigenvalue weighted by molar-refractivity contribution is 0.423. The molecule has 3 rings (SSSR count). The first-order chi connectivity index (χ1) is 7.86. The van der Waals surface area contributed by atoms with Crippen LogP contribution in [-0.4, -0.2) is 5.16 Å². The molecular weight excluding hydrogens is 200 g/mol. The summed E-state index contributed by atoms with van der Waals surface area (Å²) in [6.45, 7) is 0. The number of nitrogens with zero attached hydrogens (tertiary/aromatic N) is 1. The van der Waals surface area contributed by atoms with Gasteiger partial charge in [0, 0.05) is 16.8 Å². The average Bonchev–Trinajstić information content (AvgIpc) is 2.74. The highest BCUT2D eigenvalue weighted by Crippen LogP contribution is 2.34. The zero-order chi connectivity index (χ0) is 11.0. The molecule has 0 radical (unpaired) electrons. The zero-order valence-electron chi connectivity index (χ0n) is 9.07. The maximum atomic E-state index is 5.96. The molecule has 0 atom stereocenters. The van der Waals surface area contributed by atoms with Gasteiger partial charge in [0.1, 0.15) is 0 Å². The largest absolute Gasteiger partial charge is 0.398 e. The number of para-hydroxylation sites is 1. The second-order valence-electron chi connectivity index (χ2n) is 4.23. The Kier molecular flexibility index (Phi) is 2.17. The molecule has 1 heterocycles. The Morgan fingerprint density at radius 2 is 1.94 bits per heavy atom. The molecular formula is C13H14N2O. The van der Waals surface area contributed by atoms with Crippen molar-refractivity contribution in [3.8, 4) is 11.3 Å². The number of aryl methyl sites for hydroxylation is 1. The summed E-state index contributed by atoms with van der Waals surface area (Å²) in [5.41, 5.74) is 10.1. The Hall–Kier alpha value is -1.77. The van der Waals surface area contributed by atoms with Gasteiger partial charge in [0.25, 0.3) is 0 Å². The summed E-state index contributed by atoms with van der Waals surface area (Å²) in [5.74, 6) is 0.868. The Morgan fingerprint density at radius 1 is 1.12 bits per heavy atom. The van der Waals surface area contributed by atoms with Crippen LogP contribution in [0.1, 0.15) is 24.1 Å². The molecule has 1 aliphatic rings. The lowest BCUT2D eigenvalue weighted by Gasteiger charge is -2.09. The summed E-state index contributed by atoms with van der Waals surface area (Å²) >= 11 is 0. The van der Waals surface area contributed by atoms with Gasteiger partial charge in [-0.05, 0) is 37.8 Å². The predicted molar refractivity (Wildman–Crippen MR) is 63.0 cm³/mol. The molecule has 0 saturated carbocycles. The lowest BCUT2D eigenvalue weighted by atomic mass is 9.93. The monoisotopic (exact) mass is 214 g/mol. The van der Waals surface area contributed by atoms with Crippen molar-refractivity contribution in [2.45, 2.75) is 25.7 Å². The van der Waals surface area contributed by atoms with Crippen molar-refractivity contribution >= 4 is 5.69 Å². The van der Waals surface area contributed by atoms with E-state index in [1.54, 1.807) is 0 Å². The molecule has 1 aromatic carbocycles. The first-order valence-corrected chi connectivity index (χ1v) is 5.68. The first kappa shape index (κ1) is 9.46. The number of fused-ring (bicyclic) bond motifs is 1. The van der Waals surface area contributed by atoms with Crippen LogP contribution >= 0.6 is 0 Å². The molecule has 0 unspecified atom stereocenters. The van der Waals surface area contributed by atoms with Crippen LogP contribution in [0, 0.1) is 0 Å². The Bertz CT molecular complexity index is 516. The van der Waals surface area contributed by atoms with Crippen LogP contribution in [0.25, 0.3) is 11.3 Å². The van der Waals surface area contributed by atoms with Gasteiger partial charge in [-0.2, -0.15) is 0 Å². The summed E-state index contributed by atoms with van der Waals surface area (Å²) in [6.07, 6.45) is 4.52. The van der Waals surface area contributed by atoms with Crippen LogP contribution in [0.5, 0.6) is 0 Å². The van der Waals surface area contributed by atoms with E-state index in [9.17, 15) is 0 Å². The predicted octanol–water partition coefficient (Wildman–Crippen LogP) is 2.80. The van der Waals surface area contributed by atoms with Gasteiger partial charge in [0.05, 0.1) is 5.69 Å². The van der Waals surface area contributed by atoms with Gasteiger partial charge in [-0.15, -0.1) is 0 Å². The lowest BCUT2D eigenvalue weighted by Crippen LogP contribution is -2.01. The SMILES string of the molecule is Nc1ccccc1-c1onc2c1CCCC2. The summed E-state index contributed by atoms with van der Waals surface area (Å²) in [7, 11) is 0. The van der Waals surface area contributed by atoms with Gasteiger partial charge in [-0.1, -0.05) is 17.3 Å². The minimum absolute atomic E-state index is 0.757. The zero-order valence-corrected chi connectivity index (χ0v) is 9.07. The van der Waals surface area contributed by atoms with Crippen molar-refractivity contribution < 1.29 is 4.52 Å². The summed E-state index contributed by atoms with van der Waals surface area (Å²) in [5, 5.41) is 4.14. The van der Waals surface area contributed by atoms with E-state index in [1.807, 2.05) is 24.3 Å². The van der Waals surface area contributed by atoms with Crippen molar-refractivity contribution in [3.05, 3.63) is 35.5 Å². The number of aromatic nitrogens is 1. The minimum atomic E-state index is 0.757. The molecule has 0 saturated heterocycles. The van der Waals surface area contributed by atoms with Gasteiger partial charge in [0.15, 0.2) is 5.76 Å². The standard InChI is InChI=1S/C13H14N2O/c14-11-7-3-1-5-9(11)13-10-6-2-4-8-12(10)15-16-13/h1,3,5,7H,2,4,6,8,14H2. The molecule has 0 amide bonds. The highest BCUT2D eigenvalue weighted by atomic mass is 16.5. The highest BCUT2D eigenvalue weighted by molar-refractivity contribution is 5.75. The van der Waals surface area contributed by atoms with E-state index in [2.05, 4.69) is 5.16 Å². The van der Waals surface area contributed by atoms with Crippen LogP contribution in [0.2, 0.25) is 0 Å². The van der Waals surface area contributed by atoms with Crippen molar-refractivity contribution in [1.29, 1.82) is 0 Å². The van der Waals surface area contributed by atoms with Crippen molar-refractivity contribution in [2.75, 3.05) is 5.73 Å². The number of benzene rings is 1. The molecule has 3 heteroatoms. The van der Waals surface area contributed by atoms with Gasteiger partial charge in [-0.3, -0.25) is 0 Å². The molecule has 3 nitrogen and oxygen atoms in total. The van der Waals surface area contributed by atoms with Crippen LogP contribution < -0.4 is 5.73 Å². The topological polar surface area (TPSA) is 52.0 Å². The fourth-order valence-electron chi connectivity index (χ4n) is 2.31. The van der Waals surface area contributed by atoms with E-state index < -0.39 is 0 Å². The van der Waals surface area contributed by atoms with Crippen LogP contribution in [0.4, 0.5) is 5.69 Å². The van der Waals surface area contributed by atoms with Crippen molar-refractivity contribution in [2.24, 2.45) is 0 Å². The number of hydrogen-bond donors (Lipinski definition) is 1. The maximum Gasteiger partial charge on any atom is 0.172 e. The molecule has 1 aliphatic carbocycles. The van der Waals surface area contributed by atoms with Gasteiger partial charge in [0.2, 0.25) is 0 Å². The van der Waals surface area contributed by atoms with E-state index in [4.69, 9.17) is 10.3 Å². The fourth-order valence-corrected chi connectivity index (χ4v) is 2.31. The van der Waals surface area contributed by atoms with Crippen LogP contribution in [0.15, 0.2) is 28.8 Å². The molecule has 0 bridgehead atoms. The quantitative estimate of drug-likeness (QED) is 0.742. The van der Waals surface area contributed by atoms with E-state index >= 15 is 0 Å². The second-order valence-corrected chi connectivity index (χ2v) is 4.23. The van der Waals surface area contributed by atoms with Gasteiger partial charge >= 0.3 is 0 Å².